The maximum atomic E-state index is 6.27. The number of piperazine rings is 1. The first kappa shape index (κ1) is 19.7. The molecule has 2 heterocycles. The van der Waals surface area contributed by atoms with Gasteiger partial charge in [0.25, 0.3) is 0 Å². The van der Waals surface area contributed by atoms with E-state index in [0.717, 1.165) is 37.5 Å². The van der Waals surface area contributed by atoms with E-state index in [1.165, 1.54) is 0 Å². The Kier molecular flexibility index (Phi) is 6.41. The largest absolute Gasteiger partial charge is 0.493 e. The fourth-order valence-corrected chi connectivity index (χ4v) is 4.14. The van der Waals surface area contributed by atoms with Gasteiger partial charge in [-0.1, -0.05) is 30.0 Å². The molecule has 7 nitrogen and oxygen atoms in total. The van der Waals surface area contributed by atoms with Gasteiger partial charge in [-0.3, -0.25) is 4.90 Å². The van der Waals surface area contributed by atoms with Crippen LogP contribution in [0, 0.1) is 0 Å². The Hall–Kier alpha value is -2.03. The number of nitrogens with two attached hydrogens (primary N) is 2. The van der Waals surface area contributed by atoms with Gasteiger partial charge in [0.15, 0.2) is 5.16 Å². The molecule has 1 saturated heterocycles. The van der Waals surface area contributed by atoms with Crippen LogP contribution in [-0.2, 0) is 0 Å². The van der Waals surface area contributed by atoms with E-state index in [-0.39, 0.29) is 5.37 Å². The number of benzene rings is 1. The van der Waals surface area contributed by atoms with Crippen LogP contribution in [0.3, 0.4) is 0 Å². The zero-order valence-corrected chi connectivity index (χ0v) is 17.0. The van der Waals surface area contributed by atoms with Gasteiger partial charge in [-0.05, 0) is 27.0 Å². The van der Waals surface area contributed by atoms with Gasteiger partial charge in [-0.25, -0.2) is 9.97 Å². The van der Waals surface area contributed by atoms with E-state index in [1.54, 1.807) is 11.8 Å². The smallest absolute Gasteiger partial charge is 0.193 e. The van der Waals surface area contributed by atoms with Crippen molar-refractivity contribution in [3.05, 3.63) is 24.3 Å². The van der Waals surface area contributed by atoms with E-state index in [9.17, 15) is 0 Å². The minimum absolute atomic E-state index is 0.263. The van der Waals surface area contributed by atoms with Crippen LogP contribution in [0.4, 0.5) is 11.6 Å². The lowest BCUT2D eigenvalue weighted by molar-refractivity contribution is 0.149. The highest BCUT2D eigenvalue weighted by Gasteiger charge is 2.22. The van der Waals surface area contributed by atoms with Gasteiger partial charge in [0, 0.05) is 31.7 Å². The summed E-state index contributed by atoms with van der Waals surface area (Å²) in [6, 6.07) is 7.67. The van der Waals surface area contributed by atoms with Crippen molar-refractivity contribution in [3.8, 4) is 16.9 Å². The first-order valence-electron chi connectivity index (χ1n) is 9.24. The van der Waals surface area contributed by atoms with Crippen molar-refractivity contribution >= 4 is 23.4 Å². The Morgan fingerprint density at radius 3 is 2.37 bits per heavy atom. The summed E-state index contributed by atoms with van der Waals surface area (Å²) >= 11 is 1.59. The standard InChI is InChI=1S/C19H28N6OS/c1-4-26-15-8-6-5-7-14(15)16-17(20)22-19(23-18(16)21)27-13(2)25-11-9-24(3)10-12-25/h5-8,13H,4,9-12H2,1-3H3,(H4,20,21,22,23). The minimum Gasteiger partial charge on any atom is -0.493 e. The Bertz CT molecular complexity index is 756. The molecular weight excluding hydrogens is 360 g/mol. The number of nitrogen functional groups attached to an aromatic ring is 2. The first-order chi connectivity index (χ1) is 13.0. The Labute approximate surface area is 165 Å². The monoisotopic (exact) mass is 388 g/mol. The number of hydrogen-bond donors (Lipinski definition) is 2. The zero-order valence-electron chi connectivity index (χ0n) is 16.2. The molecule has 1 aromatic carbocycles. The maximum Gasteiger partial charge on any atom is 0.193 e. The van der Waals surface area contributed by atoms with E-state index in [2.05, 4.69) is 33.7 Å². The fourth-order valence-electron chi connectivity index (χ4n) is 3.17. The Morgan fingerprint density at radius 2 is 1.74 bits per heavy atom. The van der Waals surface area contributed by atoms with Gasteiger partial charge in [0.05, 0.1) is 17.5 Å². The molecule has 0 aliphatic carbocycles. The average molecular weight is 389 g/mol. The number of thioether (sulfide) groups is 1. The van der Waals surface area contributed by atoms with Crippen molar-refractivity contribution in [1.29, 1.82) is 0 Å². The summed E-state index contributed by atoms with van der Waals surface area (Å²) in [5, 5.41) is 0.869. The fraction of sp³-hybridized carbons (Fsp3) is 0.474. The van der Waals surface area contributed by atoms with Crippen LogP contribution in [0.2, 0.25) is 0 Å². The summed E-state index contributed by atoms with van der Waals surface area (Å²) in [7, 11) is 2.15. The number of aromatic nitrogens is 2. The summed E-state index contributed by atoms with van der Waals surface area (Å²) in [6.07, 6.45) is 0. The average Bonchev–Trinajstić information content (AvgIpc) is 2.63. The molecule has 4 N–H and O–H groups in total. The molecular formula is C19H28N6OS. The molecule has 8 heteroatoms. The van der Waals surface area contributed by atoms with Crippen molar-refractivity contribution in [3.63, 3.8) is 0 Å². The van der Waals surface area contributed by atoms with Gasteiger partial charge >= 0.3 is 0 Å². The summed E-state index contributed by atoms with van der Waals surface area (Å²) in [4.78, 5) is 13.8. The second-order valence-corrected chi connectivity index (χ2v) is 7.92. The molecule has 3 rings (SSSR count). The molecule has 0 spiro atoms. The van der Waals surface area contributed by atoms with Crippen LogP contribution in [0.15, 0.2) is 29.4 Å². The molecule has 2 aromatic rings. The predicted molar refractivity (Wildman–Crippen MR) is 112 cm³/mol. The molecule has 146 valence electrons. The van der Waals surface area contributed by atoms with E-state index in [0.29, 0.717) is 29.0 Å². The quantitative estimate of drug-likeness (QED) is 0.575. The molecule has 1 aliphatic rings. The molecule has 27 heavy (non-hydrogen) atoms. The highest BCUT2D eigenvalue weighted by molar-refractivity contribution is 7.99. The van der Waals surface area contributed by atoms with Crippen molar-refractivity contribution in [2.75, 3.05) is 51.3 Å². The molecule has 0 radical (unpaired) electrons. The third kappa shape index (κ3) is 4.63. The SMILES string of the molecule is CCOc1ccccc1-c1c(N)nc(SC(C)N2CCN(C)CC2)nc1N. The van der Waals surface area contributed by atoms with E-state index < -0.39 is 0 Å². The van der Waals surface area contributed by atoms with Crippen LogP contribution in [-0.4, -0.2) is 65.0 Å². The number of rotatable bonds is 6. The molecule has 1 fully saturated rings. The topological polar surface area (TPSA) is 93.5 Å². The van der Waals surface area contributed by atoms with Gasteiger partial charge in [-0.2, -0.15) is 0 Å². The van der Waals surface area contributed by atoms with Crippen LogP contribution in [0.25, 0.3) is 11.1 Å². The lowest BCUT2D eigenvalue weighted by atomic mass is 10.1. The zero-order chi connectivity index (χ0) is 19.4. The van der Waals surface area contributed by atoms with Crippen LogP contribution >= 0.6 is 11.8 Å². The molecule has 1 atom stereocenters. The first-order valence-corrected chi connectivity index (χ1v) is 10.1. The van der Waals surface area contributed by atoms with Crippen molar-refractivity contribution in [2.45, 2.75) is 24.4 Å². The lowest BCUT2D eigenvalue weighted by Crippen LogP contribution is -2.47. The van der Waals surface area contributed by atoms with Gasteiger partial charge in [-0.15, -0.1) is 0 Å². The van der Waals surface area contributed by atoms with Crippen molar-refractivity contribution in [2.24, 2.45) is 0 Å². The Morgan fingerprint density at radius 1 is 1.11 bits per heavy atom. The number of ether oxygens (including phenoxy) is 1. The van der Waals surface area contributed by atoms with E-state index >= 15 is 0 Å². The lowest BCUT2D eigenvalue weighted by Gasteiger charge is -2.35. The van der Waals surface area contributed by atoms with E-state index in [4.69, 9.17) is 16.2 Å². The number of likely N-dealkylation sites (N-methyl/N-ethyl adjacent to an activating group) is 1. The molecule has 1 unspecified atom stereocenters. The molecule has 0 bridgehead atoms. The van der Waals surface area contributed by atoms with Crippen molar-refractivity contribution in [1.82, 2.24) is 19.8 Å². The van der Waals surface area contributed by atoms with Crippen LogP contribution < -0.4 is 16.2 Å². The van der Waals surface area contributed by atoms with Crippen molar-refractivity contribution < 1.29 is 4.74 Å². The molecule has 0 amide bonds. The van der Waals surface area contributed by atoms with Crippen LogP contribution in [0.5, 0.6) is 5.75 Å². The summed E-state index contributed by atoms with van der Waals surface area (Å²) in [6.45, 7) is 8.90. The number of nitrogens with zero attached hydrogens (tertiary/aromatic N) is 4. The molecule has 1 aliphatic heterocycles. The maximum absolute atomic E-state index is 6.27. The Balaban J connectivity index is 1.81. The molecule has 1 aromatic heterocycles. The van der Waals surface area contributed by atoms with Crippen LogP contribution in [0.1, 0.15) is 13.8 Å². The number of anilines is 2. The second-order valence-electron chi connectivity index (χ2n) is 6.64. The number of hydrogen-bond acceptors (Lipinski definition) is 8. The van der Waals surface area contributed by atoms with Gasteiger partial charge in [0.1, 0.15) is 17.4 Å². The molecule has 0 saturated carbocycles. The van der Waals surface area contributed by atoms with Gasteiger partial charge in [0.2, 0.25) is 0 Å². The highest BCUT2D eigenvalue weighted by atomic mass is 32.2. The summed E-state index contributed by atoms with van der Waals surface area (Å²) in [5.74, 6) is 1.48. The van der Waals surface area contributed by atoms with Gasteiger partial charge < -0.3 is 21.1 Å². The normalized spacial score (nSPS) is 17.0. The highest BCUT2D eigenvalue weighted by Crippen LogP contribution is 2.37. The predicted octanol–water partition coefficient (Wildman–Crippen LogP) is 2.39. The summed E-state index contributed by atoms with van der Waals surface area (Å²) in [5.41, 5.74) is 14.0. The summed E-state index contributed by atoms with van der Waals surface area (Å²) < 4.78 is 5.70. The second kappa shape index (κ2) is 8.77. The van der Waals surface area contributed by atoms with E-state index in [1.807, 2.05) is 31.2 Å². The minimum atomic E-state index is 0.263. The third-order valence-corrected chi connectivity index (χ3v) is 5.76. The number of para-hydroxylation sites is 1. The third-order valence-electron chi connectivity index (χ3n) is 4.73.